The van der Waals surface area contributed by atoms with E-state index in [-0.39, 0.29) is 65.9 Å². The summed E-state index contributed by atoms with van der Waals surface area (Å²) in [4.78, 5) is 64.3. The van der Waals surface area contributed by atoms with Crippen molar-refractivity contribution < 1.29 is 34.4 Å². The van der Waals surface area contributed by atoms with Crippen LogP contribution in [0.25, 0.3) is 0 Å². The van der Waals surface area contributed by atoms with E-state index in [1.807, 2.05) is 55.3 Å². The monoisotopic (exact) mass is 810 g/mol. The third-order valence-corrected chi connectivity index (χ3v) is 14.1. The topological polar surface area (TPSA) is 170 Å². The Hall–Kier alpha value is -3.43. The number of carbonyl (C=O) groups is 4. The van der Waals surface area contributed by atoms with E-state index >= 15 is 0 Å². The number of likely N-dealkylation sites (tertiary alicyclic amines) is 1. The number of likely N-dealkylation sites (N-methyl/N-ethyl adjacent to an activating group) is 1. The highest BCUT2D eigenvalue weighted by molar-refractivity contribution is 7.09. The zero-order valence-corrected chi connectivity index (χ0v) is 36.3. The van der Waals surface area contributed by atoms with Crippen molar-refractivity contribution in [2.75, 3.05) is 27.8 Å². The number of nitrogens with zero attached hydrogens (tertiary/aromatic N) is 3. The molecule has 316 valence electrons. The summed E-state index contributed by atoms with van der Waals surface area (Å²) in [6.45, 7) is 12.6. The molecule has 3 aliphatic rings. The molecule has 2 saturated heterocycles. The lowest BCUT2D eigenvalue weighted by molar-refractivity contribution is -0.254. The van der Waals surface area contributed by atoms with Crippen LogP contribution in [-0.4, -0.2) is 109 Å². The Morgan fingerprint density at radius 2 is 1.77 bits per heavy atom. The molecule has 1 saturated carbocycles. The van der Waals surface area contributed by atoms with Crippen LogP contribution in [0.2, 0.25) is 0 Å². The number of piperidine rings is 1. The molecule has 1 aromatic carbocycles. The predicted octanol–water partition coefficient (Wildman–Crippen LogP) is 3.86. The minimum Gasteiger partial charge on any atom is -0.379 e. The van der Waals surface area contributed by atoms with Gasteiger partial charge in [-0.15, -0.1) is 11.3 Å². The fourth-order valence-electron chi connectivity index (χ4n) is 9.63. The van der Waals surface area contributed by atoms with E-state index in [4.69, 9.17) is 9.47 Å². The Kier molecular flexibility index (Phi) is 15.7. The zero-order chi connectivity index (χ0) is 41.6. The maximum Gasteiger partial charge on any atom is 0.245 e. The number of quaternary nitrogens is 1. The summed E-state index contributed by atoms with van der Waals surface area (Å²) in [6, 6.07) is 6.23. The lowest BCUT2D eigenvalue weighted by atomic mass is 9.89. The molecule has 2 aliphatic heterocycles. The van der Waals surface area contributed by atoms with Gasteiger partial charge in [0.1, 0.15) is 16.7 Å². The molecule has 4 amide bonds. The molecule has 14 heteroatoms. The summed E-state index contributed by atoms with van der Waals surface area (Å²) in [5.41, 5.74) is 5.97. The number of hydrogen-bond donors (Lipinski definition) is 4. The molecule has 5 rings (SSSR count). The first-order chi connectivity index (χ1) is 27.2. The first-order valence-corrected chi connectivity index (χ1v) is 21.9. The Morgan fingerprint density at radius 1 is 1.05 bits per heavy atom. The van der Waals surface area contributed by atoms with Crippen LogP contribution < -0.4 is 21.7 Å². The number of thiazole rings is 1. The van der Waals surface area contributed by atoms with Crippen molar-refractivity contribution in [1.82, 2.24) is 30.7 Å². The van der Waals surface area contributed by atoms with Crippen molar-refractivity contribution in [3.63, 3.8) is 0 Å². The average Bonchev–Trinajstić information content (AvgIpc) is 4.03. The number of fused-ring (bicyclic) bond motifs is 2. The van der Waals surface area contributed by atoms with Gasteiger partial charge in [0.15, 0.2) is 0 Å². The van der Waals surface area contributed by atoms with Crippen molar-refractivity contribution in [1.29, 1.82) is 0 Å². The molecular formula is C43H68N7O6S+. The molecule has 0 spiro atoms. The summed E-state index contributed by atoms with van der Waals surface area (Å²) in [7, 11) is 4.96. The molecule has 12 unspecified atom stereocenters. The predicted molar refractivity (Wildman–Crippen MR) is 221 cm³/mol. The van der Waals surface area contributed by atoms with E-state index in [9.17, 15) is 19.2 Å². The second kappa shape index (κ2) is 20.0. The van der Waals surface area contributed by atoms with Crippen molar-refractivity contribution >= 4 is 40.7 Å². The standard InChI is InChI=1S/C43H67N7O6S/c1-10-25(4)38(49(7)43(54)36(24(2)3)48-41(53)37-30-17-18-31(46-37)26(30)5)34(55-8)23-35(51)50-20-11-12-33(50)39(56-9)27(6)40(52)47-32(42-45-19-21-57-42)22-28-13-15-29(44)16-14-28/h13-16,19,21,24-27,30-34,36-39,46H,10-12,17-18,20,22-23,44H2,1-9H3,(H,47,52)(H,48,53)/p+1. The van der Waals surface area contributed by atoms with E-state index in [2.05, 4.69) is 47.4 Å². The van der Waals surface area contributed by atoms with E-state index in [0.29, 0.717) is 31.3 Å². The second-order valence-electron chi connectivity index (χ2n) is 17.1. The lowest BCUT2D eigenvalue weighted by Crippen LogP contribution is -2.59. The van der Waals surface area contributed by atoms with Crippen LogP contribution in [0.1, 0.15) is 96.7 Å². The molecule has 0 radical (unpaired) electrons. The van der Waals surface area contributed by atoms with Crippen LogP contribution >= 0.6 is 11.3 Å². The van der Waals surface area contributed by atoms with Gasteiger partial charge >= 0.3 is 0 Å². The molecule has 2 bridgehead atoms. The summed E-state index contributed by atoms with van der Waals surface area (Å²) >= 11 is 1.50. The summed E-state index contributed by atoms with van der Waals surface area (Å²) in [6.07, 6.45) is 5.58. The lowest BCUT2D eigenvalue weighted by Gasteiger charge is -2.41. The van der Waals surface area contributed by atoms with Crippen LogP contribution in [-0.2, 0) is 35.1 Å². The number of amides is 4. The number of hydrogen-bond acceptors (Lipinski definition) is 9. The molecule has 57 heavy (non-hydrogen) atoms. The van der Waals surface area contributed by atoms with Gasteiger partial charge in [0.25, 0.3) is 0 Å². The first-order valence-electron chi connectivity index (χ1n) is 21.0. The maximum absolute atomic E-state index is 14.3. The van der Waals surface area contributed by atoms with Crippen LogP contribution in [0.5, 0.6) is 0 Å². The van der Waals surface area contributed by atoms with E-state index in [0.717, 1.165) is 41.9 Å². The second-order valence-corrected chi connectivity index (χ2v) is 18.0. The number of carbonyl (C=O) groups excluding carboxylic acids is 4. The van der Waals surface area contributed by atoms with Gasteiger partial charge in [-0.2, -0.15) is 0 Å². The van der Waals surface area contributed by atoms with E-state index < -0.39 is 30.2 Å². The smallest absolute Gasteiger partial charge is 0.245 e. The van der Waals surface area contributed by atoms with Gasteiger partial charge in [0, 0.05) is 45.4 Å². The summed E-state index contributed by atoms with van der Waals surface area (Å²) < 4.78 is 12.1. The Morgan fingerprint density at radius 3 is 2.33 bits per heavy atom. The minimum atomic E-state index is -0.721. The molecule has 3 heterocycles. The Bertz CT molecular complexity index is 1640. The first kappa shape index (κ1) is 44.7. The van der Waals surface area contributed by atoms with Crippen molar-refractivity contribution in [2.45, 2.75) is 135 Å². The van der Waals surface area contributed by atoms with Gasteiger partial charge in [-0.25, -0.2) is 4.98 Å². The molecular weight excluding hydrogens is 743 g/mol. The SMILES string of the molecule is CCC(C)C(C(CC(=O)N1CCCC1C(OC)C(C)C(=O)NC(Cc1ccc([NH3+])cc1)c1nccs1)OC)N(C)C(=O)C(NC(=O)C1NC2CCC1C2C)C(C)C. The third-order valence-electron chi connectivity index (χ3n) is 13.2. The molecule has 2 aromatic rings. The zero-order valence-electron chi connectivity index (χ0n) is 35.5. The highest BCUT2D eigenvalue weighted by atomic mass is 32.1. The van der Waals surface area contributed by atoms with Crippen LogP contribution in [0.15, 0.2) is 35.8 Å². The molecule has 6 N–H and O–H groups in total. The number of aromatic nitrogens is 1. The van der Waals surface area contributed by atoms with Crippen molar-refractivity contribution in [3.8, 4) is 0 Å². The Balaban J connectivity index is 1.26. The number of ether oxygens (including phenoxy) is 2. The maximum atomic E-state index is 14.3. The highest BCUT2D eigenvalue weighted by Crippen LogP contribution is 2.40. The molecule has 1 aliphatic carbocycles. The van der Waals surface area contributed by atoms with Crippen LogP contribution in [0, 0.1) is 29.6 Å². The highest BCUT2D eigenvalue weighted by Gasteiger charge is 2.49. The van der Waals surface area contributed by atoms with Gasteiger partial charge in [-0.3, -0.25) is 19.2 Å². The van der Waals surface area contributed by atoms with Gasteiger partial charge in [0.05, 0.1) is 48.7 Å². The van der Waals surface area contributed by atoms with Crippen LogP contribution in [0.4, 0.5) is 5.69 Å². The Labute approximate surface area is 343 Å². The van der Waals surface area contributed by atoms with Gasteiger partial charge in [-0.05, 0) is 73.5 Å². The quantitative estimate of drug-likeness (QED) is 0.166. The molecule has 12 atom stereocenters. The number of benzene rings is 1. The van der Waals surface area contributed by atoms with Crippen LogP contribution in [0.3, 0.4) is 0 Å². The normalized spacial score (nSPS) is 25.4. The molecule has 1 aromatic heterocycles. The fraction of sp³-hybridized carbons (Fsp3) is 0.698. The van der Waals surface area contributed by atoms with E-state index in [1.165, 1.54) is 11.3 Å². The molecule has 3 fully saturated rings. The molecule has 13 nitrogen and oxygen atoms in total. The van der Waals surface area contributed by atoms with E-state index in [1.54, 1.807) is 32.4 Å². The third kappa shape index (κ3) is 10.2. The number of nitrogens with one attached hydrogen (secondary N) is 3. The van der Waals surface area contributed by atoms with Crippen molar-refractivity contribution in [2.24, 2.45) is 29.6 Å². The van der Waals surface area contributed by atoms with Gasteiger partial charge in [-0.1, -0.05) is 60.1 Å². The summed E-state index contributed by atoms with van der Waals surface area (Å²) in [5, 5.41) is 12.6. The van der Waals surface area contributed by atoms with Gasteiger partial charge < -0.3 is 41.0 Å². The van der Waals surface area contributed by atoms with Crippen molar-refractivity contribution in [3.05, 3.63) is 46.4 Å². The largest absolute Gasteiger partial charge is 0.379 e. The number of rotatable bonds is 19. The summed E-state index contributed by atoms with van der Waals surface area (Å²) in [5.74, 6) is -0.571. The number of methoxy groups -OCH3 is 2. The fourth-order valence-corrected chi connectivity index (χ4v) is 10.3. The van der Waals surface area contributed by atoms with Gasteiger partial charge in [0.2, 0.25) is 23.6 Å². The average molecular weight is 811 g/mol. The minimum absolute atomic E-state index is 0.000436.